The van der Waals surface area contributed by atoms with E-state index in [1.807, 2.05) is 41.0 Å². The Kier molecular flexibility index (Phi) is 6.18. The molecule has 4 rings (SSSR count). The van der Waals surface area contributed by atoms with Crippen LogP contribution in [0.5, 0.6) is 11.5 Å². The second-order valence-electron chi connectivity index (χ2n) is 6.78. The lowest BCUT2D eigenvalue weighted by atomic mass is 10.1. The topological polar surface area (TPSA) is 100 Å². The van der Waals surface area contributed by atoms with Crippen LogP contribution in [0.2, 0.25) is 0 Å². The Bertz CT molecular complexity index is 1190. The molecule has 156 valence electrons. The van der Waals surface area contributed by atoms with Gasteiger partial charge in [0.25, 0.3) is 0 Å². The SMILES string of the molecule is O=C(CSc1nnc(-c2ccccc2O)n1Cc1ccccc1)Nc1cccc(O)c1. The molecule has 4 aromatic rings. The van der Waals surface area contributed by atoms with Gasteiger partial charge in [0.2, 0.25) is 5.91 Å². The third-order valence-corrected chi connectivity index (χ3v) is 5.47. The van der Waals surface area contributed by atoms with Crippen molar-refractivity contribution in [3.63, 3.8) is 0 Å². The molecule has 1 heterocycles. The van der Waals surface area contributed by atoms with Crippen molar-refractivity contribution in [2.24, 2.45) is 0 Å². The number of anilines is 1. The van der Waals surface area contributed by atoms with E-state index in [1.54, 1.807) is 30.3 Å². The van der Waals surface area contributed by atoms with Gasteiger partial charge in [-0.3, -0.25) is 9.36 Å². The van der Waals surface area contributed by atoms with Crippen LogP contribution in [0.25, 0.3) is 11.4 Å². The van der Waals surface area contributed by atoms with Crippen molar-refractivity contribution in [3.05, 3.63) is 84.4 Å². The van der Waals surface area contributed by atoms with E-state index in [0.717, 1.165) is 5.56 Å². The minimum Gasteiger partial charge on any atom is -0.508 e. The average molecular weight is 433 g/mol. The maximum absolute atomic E-state index is 12.4. The number of nitrogens with one attached hydrogen (secondary N) is 1. The Labute approximate surface area is 183 Å². The predicted molar refractivity (Wildman–Crippen MR) is 120 cm³/mol. The van der Waals surface area contributed by atoms with Gasteiger partial charge in [0.05, 0.1) is 17.9 Å². The number of amides is 1. The van der Waals surface area contributed by atoms with E-state index in [9.17, 15) is 15.0 Å². The molecule has 0 radical (unpaired) electrons. The zero-order chi connectivity index (χ0) is 21.6. The van der Waals surface area contributed by atoms with E-state index in [4.69, 9.17) is 0 Å². The molecular weight excluding hydrogens is 412 g/mol. The molecule has 3 N–H and O–H groups in total. The molecule has 0 fully saturated rings. The van der Waals surface area contributed by atoms with E-state index in [2.05, 4.69) is 15.5 Å². The fraction of sp³-hybridized carbons (Fsp3) is 0.0870. The molecule has 0 aliphatic carbocycles. The van der Waals surface area contributed by atoms with Crippen LogP contribution in [-0.2, 0) is 11.3 Å². The number of benzene rings is 3. The van der Waals surface area contributed by atoms with Gasteiger partial charge < -0.3 is 15.5 Å². The van der Waals surface area contributed by atoms with Gasteiger partial charge in [0.1, 0.15) is 11.5 Å². The Balaban J connectivity index is 1.57. The highest BCUT2D eigenvalue weighted by Crippen LogP contribution is 2.31. The highest BCUT2D eigenvalue weighted by Gasteiger charge is 2.18. The first-order valence-electron chi connectivity index (χ1n) is 9.57. The lowest BCUT2D eigenvalue weighted by Gasteiger charge is -2.11. The number of phenolic OH excluding ortho intramolecular Hbond substituents is 2. The molecule has 31 heavy (non-hydrogen) atoms. The molecule has 0 aliphatic rings. The molecular formula is C23H20N4O3S. The van der Waals surface area contributed by atoms with Crippen molar-refractivity contribution in [2.45, 2.75) is 11.7 Å². The third kappa shape index (κ3) is 5.04. The Morgan fingerprint density at radius 3 is 2.48 bits per heavy atom. The van der Waals surface area contributed by atoms with Gasteiger partial charge in [0, 0.05) is 11.8 Å². The highest BCUT2D eigenvalue weighted by molar-refractivity contribution is 7.99. The zero-order valence-corrected chi connectivity index (χ0v) is 17.3. The molecule has 0 spiro atoms. The van der Waals surface area contributed by atoms with Crippen LogP contribution < -0.4 is 5.32 Å². The van der Waals surface area contributed by atoms with E-state index < -0.39 is 0 Å². The van der Waals surface area contributed by atoms with Gasteiger partial charge in [0.15, 0.2) is 11.0 Å². The number of nitrogens with zero attached hydrogens (tertiary/aromatic N) is 3. The summed E-state index contributed by atoms with van der Waals surface area (Å²) in [5, 5.41) is 31.7. The van der Waals surface area contributed by atoms with Crippen LogP contribution in [0.4, 0.5) is 5.69 Å². The smallest absolute Gasteiger partial charge is 0.234 e. The molecule has 0 aliphatic heterocycles. The summed E-state index contributed by atoms with van der Waals surface area (Å²) >= 11 is 1.25. The molecule has 1 aromatic heterocycles. The lowest BCUT2D eigenvalue weighted by molar-refractivity contribution is -0.113. The molecule has 7 nitrogen and oxygen atoms in total. The minimum atomic E-state index is -0.228. The van der Waals surface area contributed by atoms with Crippen molar-refractivity contribution in [1.82, 2.24) is 14.8 Å². The first kappa shape index (κ1) is 20.5. The van der Waals surface area contributed by atoms with Gasteiger partial charge in [-0.2, -0.15) is 0 Å². The summed E-state index contributed by atoms with van der Waals surface area (Å²) in [7, 11) is 0. The largest absolute Gasteiger partial charge is 0.508 e. The third-order valence-electron chi connectivity index (χ3n) is 4.51. The van der Waals surface area contributed by atoms with Crippen LogP contribution in [0.3, 0.4) is 0 Å². The average Bonchev–Trinajstić information content (AvgIpc) is 3.15. The van der Waals surface area contributed by atoms with E-state index in [-0.39, 0.29) is 23.2 Å². The Hall–Kier alpha value is -3.78. The molecule has 0 atom stereocenters. The molecule has 0 saturated carbocycles. The van der Waals surface area contributed by atoms with E-state index in [0.29, 0.717) is 28.8 Å². The second-order valence-corrected chi connectivity index (χ2v) is 7.72. The van der Waals surface area contributed by atoms with E-state index >= 15 is 0 Å². The number of thioether (sulfide) groups is 1. The van der Waals surface area contributed by atoms with Crippen molar-refractivity contribution >= 4 is 23.4 Å². The number of carbonyl (C=O) groups is 1. The minimum absolute atomic E-state index is 0.0837. The van der Waals surface area contributed by atoms with Gasteiger partial charge in [-0.05, 0) is 29.8 Å². The monoisotopic (exact) mass is 432 g/mol. The number of para-hydroxylation sites is 1. The number of aromatic nitrogens is 3. The molecule has 3 aromatic carbocycles. The standard InChI is InChI=1S/C23H20N4O3S/c28-18-10-6-9-17(13-18)24-21(30)15-31-23-26-25-22(19-11-4-5-12-20(19)29)27(23)14-16-7-2-1-3-8-16/h1-13,28-29H,14-15H2,(H,24,30). The number of rotatable bonds is 7. The molecule has 1 amide bonds. The number of phenols is 2. The Morgan fingerprint density at radius 1 is 0.935 bits per heavy atom. The summed E-state index contributed by atoms with van der Waals surface area (Å²) in [5.74, 6) is 0.609. The summed E-state index contributed by atoms with van der Waals surface area (Å²) < 4.78 is 1.89. The number of hydrogen-bond acceptors (Lipinski definition) is 6. The Morgan fingerprint density at radius 2 is 1.71 bits per heavy atom. The summed E-state index contributed by atoms with van der Waals surface area (Å²) in [4.78, 5) is 12.4. The maximum atomic E-state index is 12.4. The van der Waals surface area contributed by atoms with Gasteiger partial charge in [-0.1, -0.05) is 60.3 Å². The van der Waals surface area contributed by atoms with Gasteiger partial charge in [-0.25, -0.2) is 0 Å². The summed E-state index contributed by atoms with van der Waals surface area (Å²) in [6.07, 6.45) is 0. The number of hydrogen-bond donors (Lipinski definition) is 3. The van der Waals surface area contributed by atoms with Crippen molar-refractivity contribution in [1.29, 1.82) is 0 Å². The van der Waals surface area contributed by atoms with Crippen molar-refractivity contribution < 1.29 is 15.0 Å². The summed E-state index contributed by atoms with van der Waals surface area (Å²) in [5.41, 5.74) is 2.14. The second kappa shape index (κ2) is 9.36. The molecule has 8 heteroatoms. The van der Waals surface area contributed by atoms with Crippen LogP contribution in [0.1, 0.15) is 5.56 Å². The summed E-state index contributed by atoms with van der Waals surface area (Å²) in [6, 6.07) is 23.2. The quantitative estimate of drug-likeness (QED) is 0.380. The normalized spacial score (nSPS) is 10.7. The molecule has 0 bridgehead atoms. The summed E-state index contributed by atoms with van der Waals surface area (Å²) in [6.45, 7) is 0.494. The van der Waals surface area contributed by atoms with Crippen LogP contribution >= 0.6 is 11.8 Å². The fourth-order valence-electron chi connectivity index (χ4n) is 3.08. The van der Waals surface area contributed by atoms with Gasteiger partial charge in [-0.15, -0.1) is 10.2 Å². The fourth-order valence-corrected chi connectivity index (χ4v) is 3.81. The van der Waals surface area contributed by atoms with Crippen LogP contribution in [-0.4, -0.2) is 36.6 Å². The van der Waals surface area contributed by atoms with E-state index in [1.165, 1.54) is 23.9 Å². The first-order chi connectivity index (χ1) is 15.1. The highest BCUT2D eigenvalue weighted by atomic mass is 32.2. The van der Waals surface area contributed by atoms with Crippen LogP contribution in [0, 0.1) is 0 Å². The molecule has 0 saturated heterocycles. The van der Waals surface area contributed by atoms with Crippen molar-refractivity contribution in [2.75, 3.05) is 11.1 Å². The number of aromatic hydroxyl groups is 2. The van der Waals surface area contributed by atoms with Gasteiger partial charge >= 0.3 is 0 Å². The maximum Gasteiger partial charge on any atom is 0.234 e. The van der Waals surface area contributed by atoms with Crippen molar-refractivity contribution in [3.8, 4) is 22.9 Å². The predicted octanol–water partition coefficient (Wildman–Crippen LogP) is 4.14. The molecule has 0 unspecified atom stereocenters. The van der Waals surface area contributed by atoms with Crippen LogP contribution in [0.15, 0.2) is 84.0 Å². The first-order valence-corrected chi connectivity index (χ1v) is 10.6. The number of carbonyl (C=O) groups excluding carboxylic acids is 1. The lowest BCUT2D eigenvalue weighted by Crippen LogP contribution is -2.14. The zero-order valence-electron chi connectivity index (χ0n) is 16.5.